The van der Waals surface area contributed by atoms with Crippen molar-refractivity contribution in [2.24, 2.45) is 0 Å². The Balaban J connectivity index is 2.33. The number of hydrogen-bond acceptors (Lipinski definition) is 3. The highest BCUT2D eigenvalue weighted by molar-refractivity contribution is 7.12. The molecule has 21 heavy (non-hydrogen) atoms. The fourth-order valence-corrected chi connectivity index (χ4v) is 3.42. The largest absolute Gasteiger partial charge is 0.493 e. The molecule has 3 heteroatoms. The first kappa shape index (κ1) is 16.1. The van der Waals surface area contributed by atoms with E-state index in [1.807, 2.05) is 17.4 Å². The van der Waals surface area contributed by atoms with Gasteiger partial charge < -0.3 is 10.1 Å². The second-order valence-corrected chi connectivity index (χ2v) is 6.23. The van der Waals surface area contributed by atoms with Crippen molar-refractivity contribution in [1.82, 2.24) is 5.32 Å². The summed E-state index contributed by atoms with van der Waals surface area (Å²) in [6, 6.07) is 13.1. The molecule has 0 aliphatic heterocycles. The zero-order valence-corrected chi connectivity index (χ0v) is 14.0. The van der Waals surface area contributed by atoms with Gasteiger partial charge in [-0.2, -0.15) is 0 Å². The molecule has 114 valence electrons. The predicted molar refractivity (Wildman–Crippen MR) is 91.4 cm³/mol. The molecule has 2 nitrogen and oxygen atoms in total. The van der Waals surface area contributed by atoms with Crippen LogP contribution < -0.4 is 10.1 Å². The highest BCUT2D eigenvalue weighted by Gasteiger charge is 2.18. The fraction of sp³-hybridized carbons (Fsp3) is 0.444. The van der Waals surface area contributed by atoms with Crippen LogP contribution in [0.2, 0.25) is 0 Å². The van der Waals surface area contributed by atoms with Crippen LogP contribution in [-0.2, 0) is 6.42 Å². The lowest BCUT2D eigenvalue weighted by Gasteiger charge is -2.20. The van der Waals surface area contributed by atoms with Crippen LogP contribution in [0.3, 0.4) is 0 Å². The predicted octanol–water partition coefficient (Wildman–Crippen LogP) is 4.80. The van der Waals surface area contributed by atoms with E-state index >= 15 is 0 Å². The van der Waals surface area contributed by atoms with Crippen molar-refractivity contribution in [2.45, 2.75) is 39.7 Å². The van der Waals surface area contributed by atoms with E-state index in [0.29, 0.717) is 0 Å². The van der Waals surface area contributed by atoms with Gasteiger partial charge in [0.1, 0.15) is 5.75 Å². The van der Waals surface area contributed by atoms with Crippen molar-refractivity contribution < 1.29 is 4.74 Å². The molecule has 0 amide bonds. The molecule has 1 aromatic heterocycles. The molecular weight excluding hydrogens is 278 g/mol. The maximum Gasteiger partial charge on any atom is 0.124 e. The Morgan fingerprint density at radius 2 is 1.90 bits per heavy atom. The number of aryl methyl sites for hydroxylation is 1. The minimum Gasteiger partial charge on any atom is -0.493 e. The normalized spacial score (nSPS) is 12.3. The van der Waals surface area contributed by atoms with Gasteiger partial charge in [-0.05, 0) is 37.6 Å². The van der Waals surface area contributed by atoms with E-state index in [-0.39, 0.29) is 6.04 Å². The Bertz CT molecular complexity index is 550. The first-order chi connectivity index (χ1) is 10.3. The molecule has 0 bridgehead atoms. The molecule has 1 heterocycles. The first-order valence-corrected chi connectivity index (χ1v) is 8.65. The van der Waals surface area contributed by atoms with Gasteiger partial charge >= 0.3 is 0 Å². The molecule has 1 N–H and O–H groups in total. The minimum absolute atomic E-state index is 0.216. The van der Waals surface area contributed by atoms with Crippen molar-refractivity contribution >= 4 is 11.3 Å². The average molecular weight is 303 g/mol. The molecule has 2 rings (SSSR count). The van der Waals surface area contributed by atoms with E-state index < -0.39 is 0 Å². The number of ether oxygens (including phenoxy) is 1. The second-order valence-electron chi connectivity index (χ2n) is 5.03. The number of nitrogens with one attached hydrogen (secondary N) is 1. The van der Waals surface area contributed by atoms with Gasteiger partial charge in [-0.25, -0.2) is 0 Å². The van der Waals surface area contributed by atoms with Gasteiger partial charge in [-0.15, -0.1) is 11.3 Å². The summed E-state index contributed by atoms with van der Waals surface area (Å²) in [5, 5.41) is 3.60. The van der Waals surface area contributed by atoms with Gasteiger partial charge in [0, 0.05) is 15.3 Å². The van der Waals surface area contributed by atoms with E-state index in [4.69, 9.17) is 4.74 Å². The van der Waals surface area contributed by atoms with E-state index in [1.54, 1.807) is 0 Å². The number of hydrogen-bond donors (Lipinski definition) is 1. The first-order valence-electron chi connectivity index (χ1n) is 7.83. The molecule has 2 aromatic rings. The molecule has 1 atom stereocenters. The van der Waals surface area contributed by atoms with Crippen LogP contribution in [0.5, 0.6) is 5.75 Å². The van der Waals surface area contributed by atoms with Gasteiger partial charge in [0.2, 0.25) is 0 Å². The van der Waals surface area contributed by atoms with E-state index in [1.165, 1.54) is 15.3 Å². The van der Waals surface area contributed by atoms with E-state index in [9.17, 15) is 0 Å². The molecule has 0 aliphatic carbocycles. The van der Waals surface area contributed by atoms with Crippen LogP contribution in [0, 0.1) is 0 Å². The Kier molecular flexibility index (Phi) is 6.27. The topological polar surface area (TPSA) is 21.3 Å². The molecule has 0 saturated heterocycles. The van der Waals surface area contributed by atoms with Crippen molar-refractivity contribution in [3.05, 3.63) is 51.7 Å². The summed E-state index contributed by atoms with van der Waals surface area (Å²) in [4.78, 5) is 2.79. The summed E-state index contributed by atoms with van der Waals surface area (Å²) in [6.45, 7) is 8.19. The second kappa shape index (κ2) is 8.20. The molecule has 0 saturated carbocycles. The molecular formula is C18H25NOS. The zero-order valence-electron chi connectivity index (χ0n) is 13.2. The van der Waals surface area contributed by atoms with Gasteiger partial charge in [0.15, 0.2) is 0 Å². The highest BCUT2D eigenvalue weighted by atomic mass is 32.1. The number of para-hydroxylation sites is 1. The van der Waals surface area contributed by atoms with Gasteiger partial charge in [0.05, 0.1) is 12.6 Å². The highest BCUT2D eigenvalue weighted by Crippen LogP contribution is 2.34. The third-order valence-electron chi connectivity index (χ3n) is 3.42. The van der Waals surface area contributed by atoms with Crippen LogP contribution in [-0.4, -0.2) is 13.2 Å². The Labute approximate surface area is 132 Å². The quantitative estimate of drug-likeness (QED) is 0.756. The summed E-state index contributed by atoms with van der Waals surface area (Å²) < 4.78 is 5.93. The van der Waals surface area contributed by atoms with Gasteiger partial charge in [-0.3, -0.25) is 0 Å². The molecule has 0 radical (unpaired) electrons. The number of rotatable bonds is 8. The van der Waals surface area contributed by atoms with Crippen LogP contribution in [0.1, 0.15) is 48.6 Å². The monoisotopic (exact) mass is 303 g/mol. The van der Waals surface area contributed by atoms with Crippen LogP contribution >= 0.6 is 11.3 Å². The summed E-state index contributed by atoms with van der Waals surface area (Å²) in [7, 11) is 0. The van der Waals surface area contributed by atoms with Crippen LogP contribution in [0.25, 0.3) is 0 Å². The maximum absolute atomic E-state index is 5.93. The zero-order chi connectivity index (χ0) is 15.1. The van der Waals surface area contributed by atoms with Crippen LogP contribution in [0.15, 0.2) is 36.4 Å². The number of benzene rings is 1. The third kappa shape index (κ3) is 4.08. The lowest BCUT2D eigenvalue weighted by Crippen LogP contribution is -2.21. The smallest absolute Gasteiger partial charge is 0.124 e. The minimum atomic E-state index is 0.216. The summed E-state index contributed by atoms with van der Waals surface area (Å²) in [6.07, 6.45) is 2.12. The lowest BCUT2D eigenvalue weighted by atomic mass is 10.0. The standard InChI is InChI=1S/C18H25NOS/c1-4-13-20-16-10-8-7-9-15(16)18(19-6-3)17-12-11-14(5-2)21-17/h7-12,18-19H,4-6,13H2,1-3H3. The Hall–Kier alpha value is -1.32. The molecule has 1 aromatic carbocycles. The summed E-state index contributed by atoms with van der Waals surface area (Å²) in [5.74, 6) is 0.997. The molecule has 1 unspecified atom stereocenters. The SMILES string of the molecule is CCCOc1ccccc1C(NCC)c1ccc(CC)s1. The van der Waals surface area contributed by atoms with Crippen molar-refractivity contribution in [1.29, 1.82) is 0 Å². The van der Waals surface area contributed by atoms with Crippen molar-refractivity contribution in [2.75, 3.05) is 13.2 Å². The average Bonchev–Trinajstić information content (AvgIpc) is 3.00. The van der Waals surface area contributed by atoms with Gasteiger partial charge in [0.25, 0.3) is 0 Å². The van der Waals surface area contributed by atoms with E-state index in [2.05, 4.69) is 56.4 Å². The molecule has 0 fully saturated rings. The maximum atomic E-state index is 5.93. The molecule has 0 aliphatic rings. The number of thiophene rings is 1. The van der Waals surface area contributed by atoms with Crippen molar-refractivity contribution in [3.8, 4) is 5.75 Å². The third-order valence-corrected chi connectivity index (χ3v) is 4.71. The molecule has 0 spiro atoms. The lowest BCUT2D eigenvalue weighted by molar-refractivity contribution is 0.312. The summed E-state index contributed by atoms with van der Waals surface area (Å²) in [5.41, 5.74) is 1.23. The fourth-order valence-electron chi connectivity index (χ4n) is 2.37. The van der Waals surface area contributed by atoms with Crippen molar-refractivity contribution in [3.63, 3.8) is 0 Å². The summed E-state index contributed by atoms with van der Waals surface area (Å²) >= 11 is 1.89. The Morgan fingerprint density at radius 1 is 1.10 bits per heavy atom. The van der Waals surface area contributed by atoms with Crippen LogP contribution in [0.4, 0.5) is 0 Å². The van der Waals surface area contributed by atoms with E-state index in [0.717, 1.165) is 31.7 Å². The Morgan fingerprint density at radius 3 is 2.57 bits per heavy atom. The van der Waals surface area contributed by atoms with Gasteiger partial charge in [-0.1, -0.05) is 39.0 Å².